The van der Waals surface area contributed by atoms with Crippen LogP contribution in [0.25, 0.3) is 0 Å². The molecule has 1 aromatic carbocycles. The molecule has 0 radical (unpaired) electrons. The molecule has 0 fully saturated rings. The number of nitrogens with two attached hydrogens (primary N) is 1. The van der Waals surface area contributed by atoms with Crippen LogP contribution in [-0.2, 0) is 11.2 Å². The van der Waals surface area contributed by atoms with Crippen molar-refractivity contribution in [2.75, 3.05) is 13.1 Å². The summed E-state index contributed by atoms with van der Waals surface area (Å²) in [5.74, 6) is 0.134. The van der Waals surface area contributed by atoms with E-state index >= 15 is 0 Å². The molecule has 0 heterocycles. The minimum Gasteiger partial charge on any atom is -0.356 e. The summed E-state index contributed by atoms with van der Waals surface area (Å²) >= 11 is 0. The van der Waals surface area contributed by atoms with Gasteiger partial charge < -0.3 is 11.1 Å². The van der Waals surface area contributed by atoms with Crippen LogP contribution in [0.1, 0.15) is 12.5 Å². The highest BCUT2D eigenvalue weighted by Crippen LogP contribution is 2.12. The molecule has 1 unspecified atom stereocenters. The number of non-ortho nitro benzene ring substituents is 1. The second-order valence-corrected chi connectivity index (χ2v) is 4.25. The van der Waals surface area contributed by atoms with E-state index < -0.39 is 4.92 Å². The van der Waals surface area contributed by atoms with Crippen molar-refractivity contribution in [1.29, 1.82) is 0 Å². The van der Waals surface area contributed by atoms with Gasteiger partial charge in [0.05, 0.1) is 11.3 Å². The zero-order valence-electron chi connectivity index (χ0n) is 10.7. The first-order valence-electron chi connectivity index (χ1n) is 5.73. The second kappa shape index (κ2) is 8.44. The average Bonchev–Trinajstić information content (AvgIpc) is 2.36. The predicted molar refractivity (Wildman–Crippen MR) is 75.3 cm³/mol. The van der Waals surface area contributed by atoms with Gasteiger partial charge in [0.25, 0.3) is 5.69 Å². The van der Waals surface area contributed by atoms with Gasteiger partial charge in [-0.15, -0.1) is 12.4 Å². The van der Waals surface area contributed by atoms with Crippen molar-refractivity contribution in [3.63, 3.8) is 0 Å². The van der Waals surface area contributed by atoms with E-state index in [0.29, 0.717) is 13.1 Å². The molecule has 0 bridgehead atoms. The first-order valence-corrected chi connectivity index (χ1v) is 5.73. The zero-order valence-corrected chi connectivity index (χ0v) is 11.5. The topological polar surface area (TPSA) is 98.3 Å². The maximum absolute atomic E-state index is 11.6. The van der Waals surface area contributed by atoms with Gasteiger partial charge in [-0.1, -0.05) is 19.1 Å². The van der Waals surface area contributed by atoms with Crippen molar-refractivity contribution in [2.24, 2.45) is 11.7 Å². The Morgan fingerprint density at radius 1 is 1.42 bits per heavy atom. The number of halogens is 1. The van der Waals surface area contributed by atoms with E-state index in [-0.39, 0.29) is 36.3 Å². The lowest BCUT2D eigenvalue weighted by Crippen LogP contribution is -2.32. The number of benzene rings is 1. The van der Waals surface area contributed by atoms with Gasteiger partial charge in [0, 0.05) is 18.7 Å². The fraction of sp³-hybridized carbons (Fsp3) is 0.417. The third-order valence-corrected chi connectivity index (χ3v) is 2.56. The van der Waals surface area contributed by atoms with Crippen LogP contribution in [0.2, 0.25) is 0 Å². The maximum Gasteiger partial charge on any atom is 0.269 e. The maximum atomic E-state index is 11.6. The molecule has 1 amide bonds. The summed E-state index contributed by atoms with van der Waals surface area (Å²) in [6.45, 7) is 3.02. The van der Waals surface area contributed by atoms with Crippen molar-refractivity contribution in [1.82, 2.24) is 5.32 Å². The number of nitro benzene ring substituents is 1. The summed E-state index contributed by atoms with van der Waals surface area (Å²) in [6.07, 6.45) is 0.218. The summed E-state index contributed by atoms with van der Waals surface area (Å²) in [7, 11) is 0. The number of nitrogens with one attached hydrogen (secondary N) is 1. The van der Waals surface area contributed by atoms with Crippen molar-refractivity contribution in [2.45, 2.75) is 13.3 Å². The number of carbonyl (C=O) groups is 1. The summed E-state index contributed by atoms with van der Waals surface area (Å²) in [6, 6.07) is 5.96. The fourth-order valence-electron chi connectivity index (χ4n) is 1.35. The van der Waals surface area contributed by atoms with E-state index in [9.17, 15) is 14.9 Å². The van der Waals surface area contributed by atoms with Crippen LogP contribution in [0.5, 0.6) is 0 Å². The largest absolute Gasteiger partial charge is 0.356 e. The Morgan fingerprint density at radius 2 is 2.00 bits per heavy atom. The van der Waals surface area contributed by atoms with E-state index in [1.54, 1.807) is 12.1 Å². The minimum absolute atomic E-state index is 0. The van der Waals surface area contributed by atoms with Crippen LogP contribution in [0.4, 0.5) is 5.69 Å². The second-order valence-electron chi connectivity index (χ2n) is 4.25. The lowest BCUT2D eigenvalue weighted by Gasteiger charge is -2.09. The van der Waals surface area contributed by atoms with Crippen LogP contribution in [0.15, 0.2) is 24.3 Å². The normalized spacial score (nSPS) is 11.3. The Bertz CT molecular complexity index is 423. The number of amides is 1. The van der Waals surface area contributed by atoms with E-state index in [1.165, 1.54) is 12.1 Å². The lowest BCUT2D eigenvalue weighted by atomic mass is 10.1. The Kier molecular flexibility index (Phi) is 7.71. The molecule has 1 rings (SSSR count). The van der Waals surface area contributed by atoms with Gasteiger partial charge >= 0.3 is 0 Å². The number of hydrogen-bond acceptors (Lipinski definition) is 4. The highest BCUT2D eigenvalue weighted by molar-refractivity contribution is 5.85. The Balaban J connectivity index is 0.00000324. The summed E-state index contributed by atoms with van der Waals surface area (Å²) in [4.78, 5) is 21.6. The number of nitro groups is 1. The summed E-state index contributed by atoms with van der Waals surface area (Å²) in [5.41, 5.74) is 6.21. The average molecular weight is 288 g/mol. The molecule has 0 aliphatic carbocycles. The molecule has 0 spiro atoms. The molecular weight excluding hydrogens is 270 g/mol. The van der Waals surface area contributed by atoms with Gasteiger partial charge in [0.15, 0.2) is 0 Å². The molecule has 3 N–H and O–H groups in total. The Labute approximate surface area is 117 Å². The van der Waals surface area contributed by atoms with Gasteiger partial charge in [-0.05, 0) is 18.0 Å². The van der Waals surface area contributed by atoms with Crippen LogP contribution >= 0.6 is 12.4 Å². The smallest absolute Gasteiger partial charge is 0.269 e. The van der Waals surface area contributed by atoms with Gasteiger partial charge in [-0.25, -0.2) is 0 Å². The van der Waals surface area contributed by atoms with Gasteiger partial charge in [-0.2, -0.15) is 0 Å². The molecule has 0 saturated carbocycles. The minimum atomic E-state index is -0.465. The number of carbonyl (C=O) groups excluding carboxylic acids is 1. The van der Waals surface area contributed by atoms with Crippen LogP contribution < -0.4 is 11.1 Å². The molecule has 6 nitrogen and oxygen atoms in total. The molecular formula is C12H18ClN3O3. The van der Waals surface area contributed by atoms with E-state index in [4.69, 9.17) is 5.73 Å². The molecule has 0 saturated heterocycles. The standard InChI is InChI=1S/C12H17N3O3.ClH/c1-9(7-13)8-14-12(16)6-10-2-4-11(5-3-10)15(17)18;/h2-5,9H,6-8,13H2,1H3,(H,14,16);1H. The molecule has 0 aromatic heterocycles. The molecule has 0 aliphatic rings. The van der Waals surface area contributed by atoms with Gasteiger partial charge in [0.2, 0.25) is 5.91 Å². The van der Waals surface area contributed by atoms with Gasteiger partial charge in [0.1, 0.15) is 0 Å². The monoisotopic (exact) mass is 287 g/mol. The third kappa shape index (κ3) is 6.17. The van der Waals surface area contributed by atoms with E-state index in [0.717, 1.165) is 5.56 Å². The third-order valence-electron chi connectivity index (χ3n) is 2.56. The molecule has 19 heavy (non-hydrogen) atoms. The van der Waals surface area contributed by atoms with Crippen LogP contribution in [0, 0.1) is 16.0 Å². The predicted octanol–water partition coefficient (Wildman–Crippen LogP) is 1.27. The quantitative estimate of drug-likeness (QED) is 0.608. The SMILES string of the molecule is CC(CN)CNC(=O)Cc1ccc([N+](=O)[O-])cc1.Cl. The highest BCUT2D eigenvalue weighted by Gasteiger charge is 2.08. The first kappa shape index (κ1) is 17.3. The fourth-order valence-corrected chi connectivity index (χ4v) is 1.35. The molecule has 1 aromatic rings. The zero-order chi connectivity index (χ0) is 13.5. The molecule has 106 valence electrons. The number of rotatable bonds is 6. The van der Waals surface area contributed by atoms with E-state index in [1.807, 2.05) is 6.92 Å². The molecule has 0 aliphatic heterocycles. The summed E-state index contributed by atoms with van der Waals surface area (Å²) < 4.78 is 0. The van der Waals surface area contributed by atoms with Crippen molar-refractivity contribution < 1.29 is 9.72 Å². The molecule has 7 heteroatoms. The molecule has 1 atom stereocenters. The summed E-state index contributed by atoms with van der Waals surface area (Å²) in [5, 5.41) is 13.2. The van der Waals surface area contributed by atoms with Crippen LogP contribution in [-0.4, -0.2) is 23.9 Å². The van der Waals surface area contributed by atoms with Crippen molar-refractivity contribution in [3.05, 3.63) is 39.9 Å². The Morgan fingerprint density at radius 3 is 2.47 bits per heavy atom. The van der Waals surface area contributed by atoms with Crippen molar-refractivity contribution in [3.8, 4) is 0 Å². The van der Waals surface area contributed by atoms with Crippen molar-refractivity contribution >= 4 is 24.0 Å². The lowest BCUT2D eigenvalue weighted by molar-refractivity contribution is -0.384. The van der Waals surface area contributed by atoms with Crippen LogP contribution in [0.3, 0.4) is 0 Å². The van der Waals surface area contributed by atoms with E-state index in [2.05, 4.69) is 5.32 Å². The first-order chi connectivity index (χ1) is 8.52. The number of hydrogen-bond donors (Lipinski definition) is 2. The highest BCUT2D eigenvalue weighted by atomic mass is 35.5. The number of nitrogens with zero attached hydrogens (tertiary/aromatic N) is 1. The Hall–Kier alpha value is -1.66. The van der Waals surface area contributed by atoms with Gasteiger partial charge in [-0.3, -0.25) is 14.9 Å².